The average Bonchev–Trinajstić information content (AvgIpc) is 2.15. The van der Waals surface area contributed by atoms with E-state index in [1.807, 2.05) is 13.8 Å². The fraction of sp³-hybridized carbons (Fsp3) is 0.545. The van der Waals surface area contributed by atoms with E-state index in [0.29, 0.717) is 11.7 Å². The van der Waals surface area contributed by atoms with Crippen molar-refractivity contribution in [1.29, 1.82) is 0 Å². The van der Waals surface area contributed by atoms with Crippen molar-refractivity contribution < 1.29 is 14.6 Å². The monoisotopic (exact) mass is 239 g/mol. The van der Waals surface area contributed by atoms with Crippen LogP contribution in [-0.2, 0) is 4.79 Å². The average molecular weight is 239 g/mol. The molecule has 1 rings (SSSR count). The van der Waals surface area contributed by atoms with Crippen LogP contribution in [0.1, 0.15) is 27.7 Å². The van der Waals surface area contributed by atoms with Gasteiger partial charge in [-0.1, -0.05) is 0 Å². The normalized spacial score (nSPS) is 11.4. The summed E-state index contributed by atoms with van der Waals surface area (Å²) in [6.45, 7) is 6.85. The summed E-state index contributed by atoms with van der Waals surface area (Å²) >= 11 is 0. The lowest BCUT2D eigenvalue weighted by Gasteiger charge is -2.21. The lowest BCUT2D eigenvalue weighted by molar-refractivity contribution is -0.141. The van der Waals surface area contributed by atoms with Crippen LogP contribution in [0.3, 0.4) is 0 Å². The van der Waals surface area contributed by atoms with Crippen molar-refractivity contribution >= 4 is 11.8 Å². The minimum atomic E-state index is -1.11. The molecule has 0 radical (unpaired) electrons. The number of carboxylic acid groups (broad SMARTS) is 1. The van der Waals surface area contributed by atoms with Crippen LogP contribution in [0.2, 0.25) is 0 Å². The molecule has 0 atom stereocenters. The molecule has 0 amide bonds. The van der Waals surface area contributed by atoms with Crippen LogP contribution in [0.5, 0.6) is 5.88 Å². The first-order valence-corrected chi connectivity index (χ1v) is 5.31. The van der Waals surface area contributed by atoms with Gasteiger partial charge in [-0.3, -0.25) is 4.98 Å². The van der Waals surface area contributed by atoms with Gasteiger partial charge in [0, 0.05) is 0 Å². The van der Waals surface area contributed by atoms with E-state index in [0.717, 1.165) is 0 Å². The number of hydrogen-bond donors (Lipinski definition) is 2. The first-order valence-electron chi connectivity index (χ1n) is 5.31. The fourth-order valence-electron chi connectivity index (χ4n) is 1.08. The van der Waals surface area contributed by atoms with E-state index in [1.54, 1.807) is 13.8 Å². The molecule has 0 spiro atoms. The summed E-state index contributed by atoms with van der Waals surface area (Å²) in [4.78, 5) is 19.0. The van der Waals surface area contributed by atoms with Gasteiger partial charge in [0.1, 0.15) is 11.4 Å². The quantitative estimate of drug-likeness (QED) is 0.810. The summed E-state index contributed by atoms with van der Waals surface area (Å²) in [7, 11) is 0. The molecule has 2 N–H and O–H groups in total. The molecular weight excluding hydrogens is 222 g/mol. The molecule has 17 heavy (non-hydrogen) atoms. The molecule has 94 valence electrons. The molecule has 1 aromatic heterocycles. The largest absolute Gasteiger partial charge is 0.480 e. The Morgan fingerprint density at radius 2 is 2.12 bits per heavy atom. The molecule has 0 saturated heterocycles. The van der Waals surface area contributed by atoms with Gasteiger partial charge in [-0.05, 0) is 27.7 Å². The number of carbonyl (C=O) groups is 1. The second-order valence-electron chi connectivity index (χ2n) is 4.46. The molecule has 6 heteroatoms. The van der Waals surface area contributed by atoms with Crippen LogP contribution < -0.4 is 10.1 Å². The second kappa shape index (κ2) is 4.99. The number of aliphatic carboxylic acids is 1. The summed E-state index contributed by atoms with van der Waals surface area (Å²) in [6, 6.07) is 0. The van der Waals surface area contributed by atoms with Gasteiger partial charge in [-0.15, -0.1) is 0 Å². The Morgan fingerprint density at radius 1 is 1.47 bits per heavy atom. The molecule has 1 heterocycles. The lowest BCUT2D eigenvalue weighted by Crippen LogP contribution is -2.40. The first kappa shape index (κ1) is 13.2. The number of hydrogen-bond acceptors (Lipinski definition) is 5. The van der Waals surface area contributed by atoms with E-state index >= 15 is 0 Å². The third-order valence-electron chi connectivity index (χ3n) is 1.94. The number of ether oxygens (including phenoxy) is 1. The van der Waals surface area contributed by atoms with Crippen LogP contribution in [0.4, 0.5) is 5.82 Å². The standard InChI is InChI=1S/C11H17N3O3/c1-7(2)17-9-6-12-5-8(13-9)14-11(3,4)10(15)16/h5-7H,1-4H3,(H,13,14)(H,15,16). The number of nitrogens with one attached hydrogen (secondary N) is 1. The summed E-state index contributed by atoms with van der Waals surface area (Å²) in [5.74, 6) is -0.226. The SMILES string of the molecule is CC(C)Oc1cncc(NC(C)(C)C(=O)O)n1. The van der Waals surface area contributed by atoms with Crippen molar-refractivity contribution in [2.24, 2.45) is 0 Å². The third-order valence-corrected chi connectivity index (χ3v) is 1.94. The van der Waals surface area contributed by atoms with Crippen molar-refractivity contribution in [2.75, 3.05) is 5.32 Å². The topological polar surface area (TPSA) is 84.3 Å². The van der Waals surface area contributed by atoms with Gasteiger partial charge in [0.15, 0.2) is 0 Å². The van der Waals surface area contributed by atoms with Gasteiger partial charge in [0.2, 0.25) is 5.88 Å². The van der Waals surface area contributed by atoms with Crippen LogP contribution in [0.15, 0.2) is 12.4 Å². The molecule has 0 unspecified atom stereocenters. The zero-order valence-electron chi connectivity index (χ0n) is 10.4. The predicted octanol–water partition coefficient (Wildman–Crippen LogP) is 1.54. The highest BCUT2D eigenvalue weighted by atomic mass is 16.5. The maximum absolute atomic E-state index is 10.9. The van der Waals surface area contributed by atoms with E-state index in [4.69, 9.17) is 9.84 Å². The molecule has 0 aliphatic heterocycles. The maximum Gasteiger partial charge on any atom is 0.328 e. The van der Waals surface area contributed by atoms with Gasteiger partial charge < -0.3 is 15.2 Å². The molecule has 0 aliphatic carbocycles. The minimum absolute atomic E-state index is 0.00738. The third kappa shape index (κ3) is 3.90. The zero-order chi connectivity index (χ0) is 13.1. The smallest absolute Gasteiger partial charge is 0.328 e. The minimum Gasteiger partial charge on any atom is -0.480 e. The van der Waals surface area contributed by atoms with Crippen LogP contribution >= 0.6 is 0 Å². The van der Waals surface area contributed by atoms with E-state index in [1.165, 1.54) is 12.4 Å². The first-order chi connectivity index (χ1) is 7.81. The van der Waals surface area contributed by atoms with Crippen molar-refractivity contribution in [3.05, 3.63) is 12.4 Å². The van der Waals surface area contributed by atoms with Gasteiger partial charge in [0.05, 0.1) is 18.5 Å². The highest BCUT2D eigenvalue weighted by molar-refractivity contribution is 5.81. The number of nitrogens with zero attached hydrogens (tertiary/aromatic N) is 2. The highest BCUT2D eigenvalue weighted by Gasteiger charge is 2.27. The second-order valence-corrected chi connectivity index (χ2v) is 4.46. The molecule has 6 nitrogen and oxygen atoms in total. The van der Waals surface area contributed by atoms with Crippen molar-refractivity contribution in [1.82, 2.24) is 9.97 Å². The van der Waals surface area contributed by atoms with Crippen molar-refractivity contribution in [3.8, 4) is 5.88 Å². The summed E-state index contributed by atoms with van der Waals surface area (Å²) in [6.07, 6.45) is 2.93. The molecule has 1 aromatic rings. The van der Waals surface area contributed by atoms with Crippen molar-refractivity contribution in [2.45, 2.75) is 39.3 Å². The molecular formula is C11H17N3O3. The molecule has 0 fully saturated rings. The number of aromatic nitrogens is 2. The van der Waals surface area contributed by atoms with Crippen LogP contribution in [0, 0.1) is 0 Å². The van der Waals surface area contributed by atoms with Gasteiger partial charge in [-0.25, -0.2) is 4.79 Å². The van der Waals surface area contributed by atoms with Crippen molar-refractivity contribution in [3.63, 3.8) is 0 Å². The Bertz CT molecular complexity index is 405. The van der Waals surface area contributed by atoms with Gasteiger partial charge >= 0.3 is 5.97 Å². The molecule has 0 aromatic carbocycles. The summed E-state index contributed by atoms with van der Waals surface area (Å²) < 4.78 is 5.37. The van der Waals surface area contributed by atoms with E-state index in [2.05, 4.69) is 15.3 Å². The number of carboxylic acids is 1. The number of anilines is 1. The molecule has 0 saturated carbocycles. The molecule has 0 aliphatic rings. The zero-order valence-corrected chi connectivity index (χ0v) is 10.4. The Balaban J connectivity index is 2.82. The fourth-order valence-corrected chi connectivity index (χ4v) is 1.08. The van der Waals surface area contributed by atoms with E-state index in [-0.39, 0.29) is 6.10 Å². The maximum atomic E-state index is 10.9. The van der Waals surface area contributed by atoms with E-state index in [9.17, 15) is 4.79 Å². The Hall–Kier alpha value is -1.85. The predicted molar refractivity (Wildman–Crippen MR) is 63.1 cm³/mol. The van der Waals surface area contributed by atoms with E-state index < -0.39 is 11.5 Å². The van der Waals surface area contributed by atoms with Gasteiger partial charge in [0.25, 0.3) is 0 Å². The lowest BCUT2D eigenvalue weighted by atomic mass is 10.1. The Morgan fingerprint density at radius 3 is 2.65 bits per heavy atom. The Kier molecular flexibility index (Phi) is 3.88. The van der Waals surface area contributed by atoms with Gasteiger partial charge in [-0.2, -0.15) is 4.98 Å². The number of rotatable bonds is 5. The van der Waals surface area contributed by atoms with Crippen LogP contribution in [-0.4, -0.2) is 32.7 Å². The summed E-state index contributed by atoms with van der Waals surface area (Å²) in [5.41, 5.74) is -1.11. The Labute approximate surface area is 100 Å². The summed E-state index contributed by atoms with van der Waals surface area (Å²) in [5, 5.41) is 11.8. The molecule has 0 bridgehead atoms. The van der Waals surface area contributed by atoms with Crippen LogP contribution in [0.25, 0.3) is 0 Å². The highest BCUT2D eigenvalue weighted by Crippen LogP contribution is 2.15.